The Balaban J connectivity index is 1.15. The molecule has 0 aromatic heterocycles. The first-order valence-corrected chi connectivity index (χ1v) is 25.4. The lowest BCUT2D eigenvalue weighted by atomic mass is 9.93. The minimum atomic E-state index is -0.684. The Bertz CT molecular complexity index is 3040. The van der Waals surface area contributed by atoms with E-state index in [1.165, 1.54) is 37.3 Å². The van der Waals surface area contributed by atoms with Gasteiger partial charge in [-0.15, -0.1) is 0 Å². The van der Waals surface area contributed by atoms with Gasteiger partial charge in [0.1, 0.15) is 36.3 Å². The maximum atomic E-state index is 11.6. The van der Waals surface area contributed by atoms with E-state index in [1.54, 1.807) is 36.4 Å². The molecular formula is C66H54N6O6. The van der Waals surface area contributed by atoms with Gasteiger partial charge in [-0.3, -0.25) is 30.0 Å². The molecule has 6 bridgehead atoms. The van der Waals surface area contributed by atoms with Crippen LogP contribution in [0.25, 0.3) is 0 Å². The van der Waals surface area contributed by atoms with E-state index in [-0.39, 0.29) is 33.4 Å². The lowest BCUT2D eigenvalue weighted by Crippen LogP contribution is -2.10. The first-order chi connectivity index (χ1) is 38.2. The summed E-state index contributed by atoms with van der Waals surface area (Å²) < 4.78 is 0. The molecule has 0 saturated heterocycles. The van der Waals surface area contributed by atoms with E-state index in [4.69, 9.17) is 30.0 Å². The summed E-state index contributed by atoms with van der Waals surface area (Å²) in [5, 5.41) is 69.8. The summed E-state index contributed by atoms with van der Waals surface area (Å²) in [6, 6.07) is 63.2. The number of rotatable bonds is 6. The number of aliphatic imine (C=N–C) groups is 6. The Morgan fingerprint density at radius 1 is 0.179 bits per heavy atom. The number of phenolic OH excluding ortho intramolecular Hbond substituents is 6. The van der Waals surface area contributed by atoms with Crippen LogP contribution in [-0.4, -0.2) is 67.9 Å². The van der Waals surface area contributed by atoms with Gasteiger partial charge in [0.2, 0.25) is 0 Å². The highest BCUT2D eigenvalue weighted by molar-refractivity contribution is 5.94. The summed E-state index contributed by atoms with van der Waals surface area (Å²) in [5.74, 6) is -2.49. The van der Waals surface area contributed by atoms with Gasteiger partial charge in [0.25, 0.3) is 0 Å². The highest BCUT2D eigenvalue weighted by Gasteiger charge is 2.28. The molecule has 9 aromatic carbocycles. The Morgan fingerprint density at radius 2 is 0.308 bits per heavy atom. The highest BCUT2D eigenvalue weighted by atomic mass is 16.3. The molecule has 0 amide bonds. The standard InChI is InChI=1S/C66H54N6O6/c73-61-49-31-32-51(63(61)75)39-69-57(45-23-11-3-12-24-45)58(46-25-13-4-14-26-46)71-41-53-35-36-54(66(78)65(53)77)42-72-60(48-29-17-6-18-30-48)59(47-27-15-5-16-28-47)70-40-52-34-33-50(62(74)64(52)76)38-68-56(44-21-9-2-10-22-44)55(67-37-49)43-19-7-1-8-20-43/h1-42,55-60,73-78H. The molecule has 6 unspecified atom stereocenters. The van der Waals surface area contributed by atoms with Gasteiger partial charge in [-0.05, 0) is 69.8 Å². The third-order valence-corrected chi connectivity index (χ3v) is 13.6. The van der Waals surface area contributed by atoms with Crippen molar-refractivity contribution in [1.82, 2.24) is 0 Å². The third-order valence-electron chi connectivity index (χ3n) is 13.6. The van der Waals surface area contributed by atoms with Gasteiger partial charge in [0.15, 0.2) is 34.5 Å². The van der Waals surface area contributed by atoms with Gasteiger partial charge in [-0.25, -0.2) is 0 Å². The molecule has 6 N–H and O–H groups in total. The number of benzene rings is 9. The van der Waals surface area contributed by atoms with E-state index in [0.717, 1.165) is 33.4 Å². The average molecular weight is 1030 g/mol. The van der Waals surface area contributed by atoms with Crippen molar-refractivity contribution in [2.45, 2.75) is 36.3 Å². The largest absolute Gasteiger partial charge is 0.504 e. The van der Waals surface area contributed by atoms with Gasteiger partial charge in [0, 0.05) is 70.7 Å². The van der Waals surface area contributed by atoms with Crippen molar-refractivity contribution in [3.63, 3.8) is 0 Å². The molecule has 0 spiro atoms. The van der Waals surface area contributed by atoms with Crippen LogP contribution >= 0.6 is 0 Å². The zero-order valence-electron chi connectivity index (χ0n) is 42.1. The van der Waals surface area contributed by atoms with Crippen LogP contribution in [0.15, 0.2) is 248 Å². The molecule has 384 valence electrons. The molecule has 0 radical (unpaired) electrons. The van der Waals surface area contributed by atoms with E-state index < -0.39 is 70.7 Å². The molecule has 6 atom stereocenters. The molecular weight excluding hydrogens is 973 g/mol. The molecule has 12 heteroatoms. The van der Waals surface area contributed by atoms with Gasteiger partial charge < -0.3 is 30.6 Å². The van der Waals surface area contributed by atoms with Crippen LogP contribution in [0.1, 0.15) is 103 Å². The molecule has 0 aliphatic carbocycles. The van der Waals surface area contributed by atoms with Crippen molar-refractivity contribution >= 4 is 37.3 Å². The predicted octanol–water partition coefficient (Wildman–Crippen LogP) is 13.3. The maximum absolute atomic E-state index is 11.6. The fourth-order valence-electron chi connectivity index (χ4n) is 9.42. The van der Waals surface area contributed by atoms with Crippen molar-refractivity contribution in [2.75, 3.05) is 0 Å². The van der Waals surface area contributed by atoms with Crippen molar-refractivity contribution in [3.05, 3.63) is 285 Å². The SMILES string of the molecule is Oc1c2ccc(c1O)C=NC(c1ccccc1)C(c1ccccc1)N=Cc1ccc(c(O)c1O)C=NC(c1ccccc1)C(c1ccccc1)N=Cc1ccc(c(O)c1O)C=NC(c1ccccc1)C(c1ccccc1)N=C2. The molecule has 78 heavy (non-hydrogen) atoms. The summed E-state index contributed by atoms with van der Waals surface area (Å²) in [4.78, 5) is 30.3. The maximum Gasteiger partial charge on any atom is 0.167 e. The number of hydrogen-bond donors (Lipinski definition) is 6. The van der Waals surface area contributed by atoms with Crippen molar-refractivity contribution in [3.8, 4) is 34.5 Å². The van der Waals surface area contributed by atoms with Crippen LogP contribution in [0.4, 0.5) is 0 Å². The summed E-state index contributed by atoms with van der Waals surface area (Å²) in [6.07, 6.45) is 8.99. The number of aromatic hydroxyl groups is 6. The minimum Gasteiger partial charge on any atom is -0.504 e. The summed E-state index contributed by atoms with van der Waals surface area (Å²) in [6.45, 7) is 0. The monoisotopic (exact) mass is 1030 g/mol. The Morgan fingerprint density at radius 3 is 0.436 bits per heavy atom. The van der Waals surface area contributed by atoms with Gasteiger partial charge in [-0.1, -0.05) is 182 Å². The van der Waals surface area contributed by atoms with Crippen LogP contribution in [0.5, 0.6) is 34.5 Å². The smallest absolute Gasteiger partial charge is 0.167 e. The molecule has 0 saturated carbocycles. The van der Waals surface area contributed by atoms with E-state index in [0.29, 0.717) is 0 Å². The fraction of sp³-hybridized carbons (Fsp3) is 0.0909. The van der Waals surface area contributed by atoms with Gasteiger partial charge in [0.05, 0.1) is 0 Å². The zero-order chi connectivity index (χ0) is 53.8. The van der Waals surface area contributed by atoms with Crippen molar-refractivity contribution < 1.29 is 30.6 Å². The quantitative estimate of drug-likeness (QED) is 0.0896. The molecule has 6 aliphatic heterocycles. The van der Waals surface area contributed by atoms with Crippen LogP contribution < -0.4 is 0 Å². The molecule has 12 nitrogen and oxygen atoms in total. The second kappa shape index (κ2) is 24.0. The van der Waals surface area contributed by atoms with Crippen LogP contribution in [0.2, 0.25) is 0 Å². The molecule has 0 fully saturated rings. The van der Waals surface area contributed by atoms with E-state index in [1.807, 2.05) is 182 Å². The van der Waals surface area contributed by atoms with Gasteiger partial charge >= 0.3 is 0 Å². The van der Waals surface area contributed by atoms with E-state index in [9.17, 15) is 30.6 Å². The molecule has 9 aromatic rings. The minimum absolute atomic E-state index is 0.233. The first kappa shape index (κ1) is 51.3. The summed E-state index contributed by atoms with van der Waals surface area (Å²) in [7, 11) is 0. The number of hydrogen-bond acceptors (Lipinski definition) is 12. The second-order valence-electron chi connectivity index (χ2n) is 18.6. The zero-order valence-corrected chi connectivity index (χ0v) is 42.1. The molecule has 6 aliphatic rings. The first-order valence-electron chi connectivity index (χ1n) is 25.4. The Labute approximate surface area is 451 Å². The number of phenols is 6. The summed E-state index contributed by atoms with van der Waals surface area (Å²) in [5.41, 5.74) is 6.20. The molecule has 15 rings (SSSR count). The Hall–Kier alpha value is -10.2. The average Bonchev–Trinajstić information content (AvgIpc) is 3.49. The van der Waals surface area contributed by atoms with Crippen LogP contribution in [0, 0.1) is 0 Å². The topological polar surface area (TPSA) is 196 Å². The predicted molar refractivity (Wildman–Crippen MR) is 310 cm³/mol. The van der Waals surface area contributed by atoms with Crippen molar-refractivity contribution in [2.24, 2.45) is 30.0 Å². The van der Waals surface area contributed by atoms with Crippen LogP contribution in [-0.2, 0) is 0 Å². The second-order valence-corrected chi connectivity index (χ2v) is 18.6. The van der Waals surface area contributed by atoms with Crippen LogP contribution in [0.3, 0.4) is 0 Å². The normalized spacial score (nSPS) is 18.8. The summed E-state index contributed by atoms with van der Waals surface area (Å²) >= 11 is 0. The van der Waals surface area contributed by atoms with Gasteiger partial charge in [-0.2, -0.15) is 0 Å². The third kappa shape index (κ3) is 11.5. The van der Waals surface area contributed by atoms with Crippen molar-refractivity contribution in [1.29, 1.82) is 0 Å². The lowest BCUT2D eigenvalue weighted by Gasteiger charge is -2.23. The molecule has 6 heterocycles. The Kier molecular flexibility index (Phi) is 15.8. The fourth-order valence-corrected chi connectivity index (χ4v) is 9.42. The van der Waals surface area contributed by atoms with E-state index in [2.05, 4.69) is 0 Å². The van der Waals surface area contributed by atoms with E-state index >= 15 is 0 Å². The lowest BCUT2D eigenvalue weighted by molar-refractivity contribution is 0.402. The number of nitrogens with zero attached hydrogens (tertiary/aromatic N) is 6. The highest BCUT2D eigenvalue weighted by Crippen LogP contribution is 2.42.